The summed E-state index contributed by atoms with van der Waals surface area (Å²) in [6.45, 7) is 9.21. The highest BCUT2D eigenvalue weighted by Gasteiger charge is 2.26. The molecule has 1 aliphatic rings. The third kappa shape index (κ3) is 5.39. The monoisotopic (exact) mass is 517 g/mol. The average molecular weight is 518 g/mol. The normalized spacial score (nSPS) is 13.7. The molecule has 2 aromatic rings. The Morgan fingerprint density at radius 3 is 2.31 bits per heavy atom. The molecule has 1 fully saturated rings. The number of halogens is 1. The molecule has 0 atom stereocenters. The first-order chi connectivity index (χ1) is 15.2. The van der Waals surface area contributed by atoms with Gasteiger partial charge >= 0.3 is 0 Å². The molecule has 0 N–H and O–H groups in total. The van der Waals surface area contributed by atoms with Gasteiger partial charge in [-0.2, -0.15) is 0 Å². The summed E-state index contributed by atoms with van der Waals surface area (Å²) in [7, 11) is 0. The van der Waals surface area contributed by atoms with Gasteiger partial charge in [0.15, 0.2) is 0 Å². The van der Waals surface area contributed by atoms with Gasteiger partial charge in [0.1, 0.15) is 0 Å². The number of hydrogen-bond donors (Lipinski definition) is 0. The molecular weight excluding hydrogens is 494 g/mol. The number of amides is 2. The number of rotatable bonds is 6. The van der Waals surface area contributed by atoms with E-state index in [-0.39, 0.29) is 23.1 Å². The average Bonchev–Trinajstić information content (AvgIpc) is 2.79. The fraction of sp³-hybridized carbons (Fsp3) is 0.304. The molecule has 0 aliphatic carbocycles. The third-order valence-electron chi connectivity index (χ3n) is 5.40. The SMILES string of the molecule is C=C(C(=O)N1CCN(C(C)=O)CC1)c1ccc(Sc2ccc(Br)cc2CC)c([N+](=O)[O-])c1. The Kier molecular flexibility index (Phi) is 7.73. The Bertz CT molecular complexity index is 1080. The zero-order valence-corrected chi connectivity index (χ0v) is 20.4. The molecule has 7 nitrogen and oxygen atoms in total. The van der Waals surface area contributed by atoms with Gasteiger partial charge in [-0.25, -0.2) is 0 Å². The Hall–Kier alpha value is -2.65. The number of benzene rings is 2. The van der Waals surface area contributed by atoms with Crippen LogP contribution in [0.3, 0.4) is 0 Å². The summed E-state index contributed by atoms with van der Waals surface area (Å²) in [5, 5.41) is 11.8. The summed E-state index contributed by atoms with van der Waals surface area (Å²) in [4.78, 5) is 40.5. The molecule has 32 heavy (non-hydrogen) atoms. The molecule has 0 radical (unpaired) electrons. The van der Waals surface area contributed by atoms with Crippen molar-refractivity contribution in [1.29, 1.82) is 0 Å². The van der Waals surface area contributed by atoms with E-state index in [1.165, 1.54) is 24.8 Å². The summed E-state index contributed by atoms with van der Waals surface area (Å²) in [6.07, 6.45) is 0.801. The van der Waals surface area contributed by atoms with Gasteiger partial charge in [0, 0.05) is 54.1 Å². The van der Waals surface area contributed by atoms with Gasteiger partial charge in [0.25, 0.3) is 11.6 Å². The lowest BCUT2D eigenvalue weighted by Crippen LogP contribution is -2.50. The number of nitrogens with zero attached hydrogens (tertiary/aromatic N) is 3. The number of nitro groups is 1. The van der Waals surface area contributed by atoms with Crippen LogP contribution in [0.25, 0.3) is 5.57 Å². The molecule has 1 aliphatic heterocycles. The minimum atomic E-state index is -0.431. The first-order valence-electron chi connectivity index (χ1n) is 10.2. The molecule has 2 amide bonds. The van der Waals surface area contributed by atoms with Crippen molar-refractivity contribution in [1.82, 2.24) is 9.80 Å². The van der Waals surface area contributed by atoms with Crippen LogP contribution in [0.4, 0.5) is 5.69 Å². The van der Waals surface area contributed by atoms with Crippen LogP contribution in [0.15, 0.2) is 57.2 Å². The van der Waals surface area contributed by atoms with Gasteiger partial charge in [0.05, 0.1) is 9.82 Å². The highest BCUT2D eigenvalue weighted by molar-refractivity contribution is 9.10. The second-order valence-corrected chi connectivity index (χ2v) is 9.42. The second-order valence-electron chi connectivity index (χ2n) is 7.42. The summed E-state index contributed by atoms with van der Waals surface area (Å²) in [5.74, 6) is -0.291. The summed E-state index contributed by atoms with van der Waals surface area (Å²) in [5.41, 5.74) is 1.66. The number of aryl methyl sites for hydroxylation is 1. The molecule has 1 saturated heterocycles. The summed E-state index contributed by atoms with van der Waals surface area (Å²) >= 11 is 4.80. The molecule has 0 aromatic heterocycles. The zero-order valence-electron chi connectivity index (χ0n) is 18.0. The van der Waals surface area contributed by atoms with Crippen molar-refractivity contribution in [2.75, 3.05) is 26.2 Å². The topological polar surface area (TPSA) is 83.8 Å². The number of nitro benzene ring substituents is 1. The maximum absolute atomic E-state index is 12.9. The van der Waals surface area contributed by atoms with E-state index < -0.39 is 4.92 Å². The Morgan fingerprint density at radius 1 is 1.09 bits per heavy atom. The van der Waals surface area contributed by atoms with E-state index in [2.05, 4.69) is 22.5 Å². The fourth-order valence-electron chi connectivity index (χ4n) is 3.52. The van der Waals surface area contributed by atoms with E-state index in [9.17, 15) is 19.7 Å². The largest absolute Gasteiger partial charge is 0.339 e. The predicted molar refractivity (Wildman–Crippen MR) is 129 cm³/mol. The molecule has 3 rings (SSSR count). The molecule has 2 aromatic carbocycles. The van der Waals surface area contributed by atoms with E-state index in [0.29, 0.717) is 36.6 Å². The molecule has 1 heterocycles. The van der Waals surface area contributed by atoms with Gasteiger partial charge in [-0.3, -0.25) is 19.7 Å². The lowest BCUT2D eigenvalue weighted by Gasteiger charge is -2.34. The standard InChI is InChI=1S/C23H24BrN3O4S/c1-4-17-13-19(24)6-8-21(17)32-22-7-5-18(14-20(22)27(30)31)15(2)23(29)26-11-9-25(10-12-26)16(3)28/h5-8,13-14H,2,4,9-12H2,1,3H3. The van der Waals surface area contributed by atoms with Gasteiger partial charge in [-0.15, -0.1) is 0 Å². The Balaban J connectivity index is 1.81. The maximum atomic E-state index is 12.9. The summed E-state index contributed by atoms with van der Waals surface area (Å²) in [6, 6.07) is 10.6. The lowest BCUT2D eigenvalue weighted by atomic mass is 10.1. The predicted octanol–water partition coefficient (Wildman–Crippen LogP) is 4.77. The highest BCUT2D eigenvalue weighted by atomic mass is 79.9. The first-order valence-corrected chi connectivity index (χ1v) is 11.8. The van der Waals surface area contributed by atoms with Crippen LogP contribution < -0.4 is 0 Å². The molecule has 0 spiro atoms. The lowest BCUT2D eigenvalue weighted by molar-refractivity contribution is -0.387. The number of carbonyl (C=O) groups excluding carboxylic acids is 2. The second kappa shape index (κ2) is 10.3. The molecule has 0 unspecified atom stereocenters. The van der Waals surface area contributed by atoms with Crippen LogP contribution >= 0.6 is 27.7 Å². The quantitative estimate of drug-likeness (QED) is 0.313. The van der Waals surface area contributed by atoms with Crippen LogP contribution in [-0.2, 0) is 16.0 Å². The van der Waals surface area contributed by atoms with Crippen molar-refractivity contribution in [3.63, 3.8) is 0 Å². The number of piperazine rings is 1. The van der Waals surface area contributed by atoms with Crippen molar-refractivity contribution < 1.29 is 14.5 Å². The minimum Gasteiger partial charge on any atom is -0.339 e. The molecule has 9 heteroatoms. The zero-order chi connectivity index (χ0) is 23.4. The van der Waals surface area contributed by atoms with Crippen molar-refractivity contribution in [2.45, 2.75) is 30.1 Å². The van der Waals surface area contributed by atoms with Gasteiger partial charge < -0.3 is 9.80 Å². The highest BCUT2D eigenvalue weighted by Crippen LogP contribution is 2.39. The summed E-state index contributed by atoms with van der Waals surface area (Å²) < 4.78 is 0.961. The van der Waals surface area contributed by atoms with Crippen molar-refractivity contribution in [2.24, 2.45) is 0 Å². The van der Waals surface area contributed by atoms with Crippen molar-refractivity contribution >= 4 is 50.8 Å². The van der Waals surface area contributed by atoms with Gasteiger partial charge in [-0.05, 0) is 41.8 Å². The first kappa shape index (κ1) is 24.0. The van der Waals surface area contributed by atoms with Crippen LogP contribution in [0.1, 0.15) is 25.0 Å². The maximum Gasteiger partial charge on any atom is 0.283 e. The van der Waals surface area contributed by atoms with Crippen LogP contribution in [0, 0.1) is 10.1 Å². The van der Waals surface area contributed by atoms with E-state index in [4.69, 9.17) is 0 Å². The van der Waals surface area contributed by atoms with E-state index in [1.54, 1.807) is 21.9 Å². The smallest absolute Gasteiger partial charge is 0.283 e. The van der Waals surface area contributed by atoms with Gasteiger partial charge in [0.2, 0.25) is 5.91 Å². The molecule has 168 valence electrons. The minimum absolute atomic E-state index is 0.0170. The van der Waals surface area contributed by atoms with Gasteiger partial charge in [-0.1, -0.05) is 47.3 Å². The van der Waals surface area contributed by atoms with Crippen molar-refractivity contribution in [3.8, 4) is 0 Å². The van der Waals surface area contributed by atoms with Crippen LogP contribution in [-0.4, -0.2) is 52.7 Å². The number of carbonyl (C=O) groups is 2. The molecule has 0 bridgehead atoms. The Labute approximate surface area is 199 Å². The third-order valence-corrected chi connectivity index (χ3v) is 7.07. The van der Waals surface area contributed by atoms with Crippen LogP contribution in [0.2, 0.25) is 0 Å². The Morgan fingerprint density at radius 2 is 1.72 bits per heavy atom. The number of hydrogen-bond acceptors (Lipinski definition) is 5. The van der Waals surface area contributed by atoms with E-state index in [1.807, 2.05) is 25.1 Å². The molecule has 0 saturated carbocycles. The fourth-order valence-corrected chi connectivity index (χ4v) is 5.01. The van der Waals surface area contributed by atoms with Crippen molar-refractivity contribution in [3.05, 3.63) is 68.7 Å². The molecular formula is C23H24BrN3O4S. The van der Waals surface area contributed by atoms with E-state index in [0.717, 1.165) is 21.4 Å². The van der Waals surface area contributed by atoms with E-state index >= 15 is 0 Å². The van der Waals surface area contributed by atoms with Crippen LogP contribution in [0.5, 0.6) is 0 Å².